The third-order valence-electron chi connectivity index (χ3n) is 8.21. The Hall–Kier alpha value is -4.54. The van der Waals surface area contributed by atoms with E-state index in [-0.39, 0.29) is 35.9 Å². The number of H-pyrrole nitrogens is 1. The number of likely N-dealkylation sites (tertiary alicyclic amines) is 1. The number of unbranched alkanes of at least 4 members (excludes halogenated alkanes) is 1. The van der Waals surface area contributed by atoms with Gasteiger partial charge in [-0.15, -0.1) is 5.10 Å². The highest BCUT2D eigenvalue weighted by atomic mass is 17.1. The van der Waals surface area contributed by atoms with Crippen LogP contribution in [0.15, 0.2) is 48.5 Å². The van der Waals surface area contributed by atoms with Crippen molar-refractivity contribution in [3.63, 3.8) is 0 Å². The van der Waals surface area contributed by atoms with Crippen molar-refractivity contribution >= 4 is 11.9 Å². The van der Waals surface area contributed by atoms with Crippen molar-refractivity contribution in [2.24, 2.45) is 0 Å². The molecule has 0 radical (unpaired) electrons. The van der Waals surface area contributed by atoms with Crippen molar-refractivity contribution in [2.45, 2.75) is 77.5 Å². The molecule has 2 aromatic carbocycles. The predicted molar refractivity (Wildman–Crippen MR) is 171 cm³/mol. The molecule has 0 unspecified atom stereocenters. The van der Waals surface area contributed by atoms with Crippen molar-refractivity contribution in [3.8, 4) is 22.5 Å². The molecule has 3 heterocycles. The second kappa shape index (κ2) is 15.6. The van der Waals surface area contributed by atoms with Crippen molar-refractivity contribution < 1.29 is 34.7 Å². The van der Waals surface area contributed by atoms with Crippen LogP contribution in [0.4, 0.5) is 0 Å². The summed E-state index contributed by atoms with van der Waals surface area (Å²) >= 11 is 0. The smallest absolute Gasteiger partial charge is 0.328 e. The summed E-state index contributed by atoms with van der Waals surface area (Å²) in [7, 11) is 0. The van der Waals surface area contributed by atoms with Gasteiger partial charge in [0.25, 0.3) is 5.91 Å². The van der Waals surface area contributed by atoms with Gasteiger partial charge >= 0.3 is 5.97 Å². The minimum absolute atomic E-state index is 0.0405. The average Bonchev–Trinajstić information content (AvgIpc) is 3.84. The molecule has 4 N–H and O–H groups in total. The molecule has 48 heavy (non-hydrogen) atoms. The van der Waals surface area contributed by atoms with Gasteiger partial charge in [0.1, 0.15) is 28.9 Å². The number of benzene rings is 2. The number of hydrogen-bond donors (Lipinski definition) is 4. The van der Waals surface area contributed by atoms with Crippen molar-refractivity contribution in [1.29, 1.82) is 0 Å². The molecule has 1 fully saturated rings. The second-order valence-corrected chi connectivity index (χ2v) is 12.2. The molecule has 5 rings (SSSR count). The Balaban J connectivity index is 1.40. The Morgan fingerprint density at radius 1 is 1.06 bits per heavy atom. The zero-order chi connectivity index (χ0) is 34.3. The molecule has 1 atom stereocenters. The molecule has 0 aliphatic carbocycles. The van der Waals surface area contributed by atoms with E-state index >= 15 is 0 Å². The second-order valence-electron chi connectivity index (χ2n) is 12.2. The zero-order valence-electron chi connectivity index (χ0n) is 27.4. The van der Waals surface area contributed by atoms with Gasteiger partial charge in [0.05, 0.1) is 18.6 Å². The molecule has 1 aliphatic heterocycles. The number of ether oxygens (including phenoxy) is 1. The standard InChI is InChI=1S/C33H42N8O7/c1-4-10-27-34-29(33(2,3)44)28(31(42)39-18-9-13-26(39)32(43)47-19-7-8-20-48-41(45)46)40(27)21-22-14-16-23(17-15-22)24-11-5-6-12-25(24)30-35-37-38-36-30/h5-6,11-12,14-17,26,44-46H,4,7-10,13,18-21H2,1-3H3,(H,35,36,37,38)/t26-/m0/s1. The molecule has 1 saturated heterocycles. The molecule has 1 amide bonds. The molecule has 15 nitrogen and oxygen atoms in total. The number of carbonyl (C=O) groups is 2. The fourth-order valence-corrected chi connectivity index (χ4v) is 5.92. The highest BCUT2D eigenvalue weighted by molar-refractivity contribution is 5.97. The topological polar surface area (TPSA) is 192 Å². The number of aryl methyl sites for hydroxylation is 1. The molecule has 256 valence electrons. The SMILES string of the molecule is CCCc1nc(C(C)(C)O)c(C(=O)N2CCC[C@H]2C(=O)OCCCCON(O)O)n1Cc1ccc(-c2ccccc2-c2nnn[nH]2)cc1. The van der Waals surface area contributed by atoms with E-state index in [9.17, 15) is 14.7 Å². The van der Waals surface area contributed by atoms with E-state index in [2.05, 4.69) is 25.5 Å². The third kappa shape index (κ3) is 8.11. The van der Waals surface area contributed by atoms with Gasteiger partial charge in [-0.2, -0.15) is 0 Å². The number of hydrogen-bond acceptors (Lipinski definition) is 12. The molecule has 1 aliphatic rings. The molecular formula is C33H42N8O7. The van der Waals surface area contributed by atoms with E-state index in [4.69, 9.17) is 20.1 Å². The summed E-state index contributed by atoms with van der Waals surface area (Å²) in [5.74, 6) is 0.354. The van der Waals surface area contributed by atoms with Crippen molar-refractivity contribution in [2.75, 3.05) is 19.8 Å². The minimum Gasteiger partial charge on any atom is -0.464 e. The van der Waals surface area contributed by atoms with E-state index in [0.29, 0.717) is 56.8 Å². The van der Waals surface area contributed by atoms with Crippen LogP contribution < -0.4 is 0 Å². The summed E-state index contributed by atoms with van der Waals surface area (Å²) < 4.78 is 7.35. The van der Waals surface area contributed by atoms with Gasteiger partial charge in [-0.05, 0) is 73.1 Å². The van der Waals surface area contributed by atoms with Crippen LogP contribution in [0, 0.1) is 0 Å². The van der Waals surface area contributed by atoms with E-state index in [1.165, 1.54) is 4.90 Å². The fourth-order valence-electron chi connectivity index (χ4n) is 5.92. The van der Waals surface area contributed by atoms with E-state index in [0.717, 1.165) is 28.7 Å². The lowest BCUT2D eigenvalue weighted by Crippen LogP contribution is -2.43. The lowest BCUT2D eigenvalue weighted by molar-refractivity contribution is -0.492. The van der Waals surface area contributed by atoms with Crippen molar-refractivity contribution in [1.82, 2.24) is 40.5 Å². The normalized spacial score (nSPS) is 15.0. The first-order valence-corrected chi connectivity index (χ1v) is 16.1. The van der Waals surface area contributed by atoms with Crippen LogP contribution in [0.25, 0.3) is 22.5 Å². The Morgan fingerprint density at radius 3 is 2.46 bits per heavy atom. The van der Waals surface area contributed by atoms with Crippen LogP contribution in [-0.2, 0) is 32.9 Å². The van der Waals surface area contributed by atoms with Crippen LogP contribution in [0.5, 0.6) is 0 Å². The number of carbonyl (C=O) groups excluding carboxylic acids is 2. The van der Waals surface area contributed by atoms with Gasteiger partial charge in [0.15, 0.2) is 5.82 Å². The zero-order valence-corrected chi connectivity index (χ0v) is 27.4. The van der Waals surface area contributed by atoms with Gasteiger partial charge in [0, 0.05) is 25.1 Å². The number of amides is 1. The Morgan fingerprint density at radius 2 is 1.79 bits per heavy atom. The van der Waals surface area contributed by atoms with Crippen LogP contribution in [0.3, 0.4) is 0 Å². The van der Waals surface area contributed by atoms with E-state index < -0.39 is 17.6 Å². The van der Waals surface area contributed by atoms with Crippen LogP contribution in [0.2, 0.25) is 0 Å². The number of nitrogens with zero attached hydrogens (tertiary/aromatic N) is 7. The van der Waals surface area contributed by atoms with Gasteiger partial charge in [-0.1, -0.05) is 55.5 Å². The molecule has 2 aromatic heterocycles. The maximum absolute atomic E-state index is 14.4. The maximum Gasteiger partial charge on any atom is 0.328 e. The molecular weight excluding hydrogens is 620 g/mol. The number of nitrogens with one attached hydrogen (secondary N) is 1. The van der Waals surface area contributed by atoms with E-state index in [1.54, 1.807) is 13.8 Å². The first kappa shape index (κ1) is 34.8. The summed E-state index contributed by atoms with van der Waals surface area (Å²) in [5, 5.41) is 42.4. The lowest BCUT2D eigenvalue weighted by atomic mass is 9.98. The van der Waals surface area contributed by atoms with Gasteiger partial charge in [-0.25, -0.2) is 14.9 Å². The number of aromatic nitrogens is 6. The van der Waals surface area contributed by atoms with Crippen LogP contribution in [-0.4, -0.2) is 93.7 Å². The first-order valence-electron chi connectivity index (χ1n) is 16.1. The molecule has 4 aromatic rings. The first-order chi connectivity index (χ1) is 23.1. The fraction of sp³-hybridized carbons (Fsp3) is 0.455. The largest absolute Gasteiger partial charge is 0.464 e. The van der Waals surface area contributed by atoms with Gasteiger partial charge in [0.2, 0.25) is 0 Å². The van der Waals surface area contributed by atoms with E-state index in [1.807, 2.05) is 60.0 Å². The van der Waals surface area contributed by atoms with Crippen LogP contribution in [0.1, 0.15) is 80.4 Å². The minimum atomic E-state index is -1.42. The average molecular weight is 663 g/mol. The number of esters is 1. The number of aliphatic hydroxyl groups is 1. The molecule has 0 spiro atoms. The number of imidazole rings is 1. The lowest BCUT2D eigenvalue weighted by Gasteiger charge is -2.26. The maximum atomic E-state index is 14.4. The summed E-state index contributed by atoms with van der Waals surface area (Å²) in [6.45, 7) is 6.08. The number of tetrazole rings is 1. The van der Waals surface area contributed by atoms with Crippen LogP contribution >= 0.6 is 0 Å². The summed E-state index contributed by atoms with van der Waals surface area (Å²) in [4.78, 5) is 38.4. The highest BCUT2D eigenvalue weighted by Crippen LogP contribution is 2.32. The number of rotatable bonds is 15. The Kier molecular flexibility index (Phi) is 11.3. The summed E-state index contributed by atoms with van der Waals surface area (Å²) in [6, 6.07) is 15.1. The Bertz CT molecular complexity index is 1670. The quantitative estimate of drug-likeness (QED) is 0.0817. The van der Waals surface area contributed by atoms with Gasteiger partial charge in [-0.3, -0.25) is 20.0 Å². The van der Waals surface area contributed by atoms with Crippen molar-refractivity contribution in [3.05, 3.63) is 71.3 Å². The van der Waals surface area contributed by atoms with Gasteiger partial charge < -0.3 is 19.3 Å². The highest BCUT2D eigenvalue weighted by Gasteiger charge is 2.40. The molecule has 0 saturated carbocycles. The predicted octanol–water partition coefficient (Wildman–Crippen LogP) is 3.90. The summed E-state index contributed by atoms with van der Waals surface area (Å²) in [6.07, 6.45) is 3.32. The molecule has 0 bridgehead atoms. The number of aromatic amines is 1. The monoisotopic (exact) mass is 662 g/mol. The Labute approximate surface area is 278 Å². The third-order valence-corrected chi connectivity index (χ3v) is 8.21. The summed E-state index contributed by atoms with van der Waals surface area (Å²) in [5.41, 5.74) is 2.82. The molecule has 15 heteroatoms.